The van der Waals surface area contributed by atoms with Crippen molar-refractivity contribution in [1.29, 1.82) is 0 Å². The van der Waals surface area contributed by atoms with E-state index in [9.17, 15) is 9.90 Å². The molecule has 1 aromatic heterocycles. The Morgan fingerprint density at radius 1 is 1.08 bits per heavy atom. The lowest BCUT2D eigenvalue weighted by Crippen LogP contribution is -2.69. The topological polar surface area (TPSA) is 129 Å². The summed E-state index contributed by atoms with van der Waals surface area (Å²) in [6, 6.07) is 0.121. The summed E-state index contributed by atoms with van der Waals surface area (Å²) in [5, 5.41) is 24.2. The van der Waals surface area contributed by atoms with Crippen molar-refractivity contribution in [2.45, 2.75) is 119 Å². The summed E-state index contributed by atoms with van der Waals surface area (Å²) in [5.74, 6) is 0.985. The van der Waals surface area contributed by atoms with Gasteiger partial charge in [-0.2, -0.15) is 4.80 Å². The SMILES string of the molecule is CC(C)[C@@H](CO[C@H]1[C@H](n2nnc(N)n2)C[C@@]23COC[C@]1(C)[C@@H]2CC[C@H]1C3=CC[C@@]2(C)[C@H](C(=O)O)[C@@](C)([C@H](C)C(C)C)CC[C@]12C)N(C)C. The summed E-state index contributed by atoms with van der Waals surface area (Å²) in [6.07, 6.45) is 8.02. The lowest BCUT2D eigenvalue weighted by atomic mass is 9.34. The molecule has 5 aliphatic rings. The number of ether oxygens (including phenoxy) is 2. The van der Waals surface area contributed by atoms with E-state index >= 15 is 0 Å². The highest BCUT2D eigenvalue weighted by Crippen LogP contribution is 2.75. The first kappa shape index (κ1) is 35.8. The number of hydrogen-bond acceptors (Lipinski definition) is 8. The summed E-state index contributed by atoms with van der Waals surface area (Å²) >= 11 is 0. The third-order valence-corrected chi connectivity index (χ3v) is 15.7. The predicted octanol–water partition coefficient (Wildman–Crippen LogP) is 6.36. The number of carboxylic acids is 1. The first-order valence-corrected chi connectivity index (χ1v) is 18.7. The second-order valence-electron chi connectivity index (χ2n) is 18.6. The quantitative estimate of drug-likeness (QED) is 0.289. The van der Waals surface area contributed by atoms with E-state index in [1.54, 1.807) is 4.80 Å². The van der Waals surface area contributed by atoms with Crippen LogP contribution in [0, 0.1) is 62.6 Å². The zero-order valence-corrected chi connectivity index (χ0v) is 31.6. The second-order valence-corrected chi connectivity index (χ2v) is 18.6. The van der Waals surface area contributed by atoms with Crippen molar-refractivity contribution in [3.8, 4) is 0 Å². The number of nitrogens with two attached hydrogens (primary N) is 1. The van der Waals surface area contributed by atoms with Gasteiger partial charge in [0, 0.05) is 16.9 Å². The Bertz CT molecular complexity index is 1400. The van der Waals surface area contributed by atoms with Crippen LogP contribution in [0.25, 0.3) is 0 Å². The minimum Gasteiger partial charge on any atom is -0.481 e. The molecule has 6 rings (SSSR count). The van der Waals surface area contributed by atoms with Crippen molar-refractivity contribution in [3.05, 3.63) is 11.6 Å². The lowest BCUT2D eigenvalue weighted by Gasteiger charge is -2.71. The van der Waals surface area contributed by atoms with Gasteiger partial charge < -0.3 is 25.2 Å². The van der Waals surface area contributed by atoms with Crippen LogP contribution in [0.4, 0.5) is 5.95 Å². The normalized spacial score (nSPS) is 43.7. The number of nitrogens with zero attached hydrogens (tertiary/aromatic N) is 5. The molecule has 0 unspecified atom stereocenters. The van der Waals surface area contributed by atoms with Crippen LogP contribution < -0.4 is 5.73 Å². The van der Waals surface area contributed by atoms with Crippen LogP contribution in [-0.4, -0.2) is 82.2 Å². The van der Waals surface area contributed by atoms with Crippen molar-refractivity contribution in [1.82, 2.24) is 25.1 Å². The molecular formula is C38H64N6O4. The van der Waals surface area contributed by atoms with Gasteiger partial charge in [-0.3, -0.25) is 4.79 Å². The van der Waals surface area contributed by atoms with Crippen molar-refractivity contribution in [3.63, 3.8) is 0 Å². The monoisotopic (exact) mass is 668 g/mol. The summed E-state index contributed by atoms with van der Waals surface area (Å²) in [6.45, 7) is 22.6. The van der Waals surface area contributed by atoms with Gasteiger partial charge in [-0.25, -0.2) is 0 Å². The van der Waals surface area contributed by atoms with Crippen LogP contribution in [0.3, 0.4) is 0 Å². The van der Waals surface area contributed by atoms with E-state index in [1.165, 1.54) is 5.57 Å². The van der Waals surface area contributed by atoms with Crippen LogP contribution in [-0.2, 0) is 14.3 Å². The minimum atomic E-state index is -0.624. The molecule has 0 radical (unpaired) electrons. The molecule has 12 atom stereocenters. The number of likely N-dealkylation sites (N-methyl/N-ethyl adjacent to an activating group) is 1. The number of carboxylic acid groups (broad SMARTS) is 1. The summed E-state index contributed by atoms with van der Waals surface area (Å²) in [7, 11) is 4.25. The molecule has 0 amide bonds. The Morgan fingerprint density at radius 3 is 2.38 bits per heavy atom. The first-order valence-electron chi connectivity index (χ1n) is 18.7. The van der Waals surface area contributed by atoms with E-state index in [0.29, 0.717) is 49.4 Å². The molecule has 48 heavy (non-hydrogen) atoms. The zero-order chi connectivity index (χ0) is 35.2. The van der Waals surface area contributed by atoms with Gasteiger partial charge in [0.2, 0.25) is 0 Å². The Balaban J connectivity index is 1.43. The molecule has 10 nitrogen and oxygen atoms in total. The predicted molar refractivity (Wildman–Crippen MR) is 187 cm³/mol. The molecule has 4 aliphatic carbocycles. The van der Waals surface area contributed by atoms with Crippen LogP contribution in [0.5, 0.6) is 0 Å². The van der Waals surface area contributed by atoms with E-state index in [2.05, 4.69) is 103 Å². The van der Waals surface area contributed by atoms with Gasteiger partial charge in [0.1, 0.15) is 6.04 Å². The number of fused-ring (bicyclic) bond motifs is 3. The number of nitrogen functional groups attached to an aromatic ring is 1. The van der Waals surface area contributed by atoms with Crippen LogP contribution in [0.15, 0.2) is 11.6 Å². The van der Waals surface area contributed by atoms with Gasteiger partial charge in [0.25, 0.3) is 5.95 Å². The fourth-order valence-corrected chi connectivity index (χ4v) is 12.6. The molecular weight excluding hydrogens is 604 g/mol. The van der Waals surface area contributed by atoms with Crippen molar-refractivity contribution in [2.75, 3.05) is 39.6 Å². The molecule has 3 N–H and O–H groups in total. The van der Waals surface area contributed by atoms with Crippen LogP contribution >= 0.6 is 0 Å². The fraction of sp³-hybridized carbons (Fsp3) is 0.895. The molecule has 1 aromatic rings. The molecule has 0 aromatic carbocycles. The van der Waals surface area contributed by atoms with Gasteiger partial charge in [-0.1, -0.05) is 79.1 Å². The third kappa shape index (κ3) is 4.95. The maximum atomic E-state index is 13.4. The van der Waals surface area contributed by atoms with Crippen molar-refractivity contribution >= 4 is 11.9 Å². The number of anilines is 1. The minimum absolute atomic E-state index is 0.140. The first-order chi connectivity index (χ1) is 22.4. The number of tetrazole rings is 1. The number of aliphatic carboxylic acids is 1. The van der Waals surface area contributed by atoms with Gasteiger partial charge in [0.15, 0.2) is 0 Å². The molecule has 1 saturated heterocycles. The smallest absolute Gasteiger partial charge is 0.307 e. The molecule has 2 heterocycles. The van der Waals surface area contributed by atoms with Gasteiger partial charge in [-0.15, -0.1) is 5.10 Å². The highest BCUT2D eigenvalue weighted by molar-refractivity contribution is 5.73. The molecule has 2 bridgehead atoms. The number of carbonyl (C=O) groups is 1. The van der Waals surface area contributed by atoms with Gasteiger partial charge in [0.05, 0.1) is 31.8 Å². The standard InChI is InChI=1S/C38H64N6O4/c1-22(2)24(5)34(6)16-17-36(8)25-12-13-29-35(7)20-47-21-38(29,26(25)14-15-37(36,9)30(34)32(45)46)18-27(44-41-33(39)40-42-44)31(35)48-19-28(23(3)4)43(10)11/h14,22-25,27-31H,12-13,15-21H2,1-11H3,(H2,39,41)(H,45,46)/t24-,25+,27-,28-,29+,30-,31+,34-,35-,36-,37+,38+/m1/s1. The van der Waals surface area contributed by atoms with E-state index in [4.69, 9.17) is 15.2 Å². The molecule has 3 saturated carbocycles. The Morgan fingerprint density at radius 2 is 1.79 bits per heavy atom. The van der Waals surface area contributed by atoms with Crippen LogP contribution in [0.2, 0.25) is 0 Å². The third-order valence-electron chi connectivity index (χ3n) is 15.7. The number of aromatic nitrogens is 4. The molecule has 1 aliphatic heterocycles. The largest absolute Gasteiger partial charge is 0.481 e. The molecule has 0 spiro atoms. The Kier molecular flexibility index (Phi) is 8.97. The van der Waals surface area contributed by atoms with Gasteiger partial charge in [-0.05, 0) is 104 Å². The van der Waals surface area contributed by atoms with Crippen LogP contribution in [0.1, 0.15) is 107 Å². The molecule has 4 fully saturated rings. The van der Waals surface area contributed by atoms with Gasteiger partial charge >= 0.3 is 5.97 Å². The molecule has 270 valence electrons. The fourth-order valence-electron chi connectivity index (χ4n) is 12.6. The average molecular weight is 669 g/mol. The zero-order valence-electron chi connectivity index (χ0n) is 31.6. The number of rotatable bonds is 9. The van der Waals surface area contributed by atoms with E-state index in [0.717, 1.165) is 38.5 Å². The van der Waals surface area contributed by atoms with E-state index in [-0.39, 0.29) is 51.2 Å². The summed E-state index contributed by atoms with van der Waals surface area (Å²) in [5.41, 5.74) is 6.34. The summed E-state index contributed by atoms with van der Waals surface area (Å²) < 4.78 is 13.8. The highest BCUT2D eigenvalue weighted by Gasteiger charge is 2.72. The Hall–Kier alpha value is -2.04. The number of hydrogen-bond donors (Lipinski definition) is 2. The summed E-state index contributed by atoms with van der Waals surface area (Å²) in [4.78, 5) is 17.4. The second kappa shape index (κ2) is 12.0. The van der Waals surface area contributed by atoms with Crippen molar-refractivity contribution < 1.29 is 19.4 Å². The lowest BCUT2D eigenvalue weighted by molar-refractivity contribution is -0.253. The Labute approximate surface area is 288 Å². The van der Waals surface area contributed by atoms with E-state index < -0.39 is 11.9 Å². The maximum absolute atomic E-state index is 13.4. The number of allylic oxidation sites excluding steroid dienone is 1. The highest BCUT2D eigenvalue weighted by atomic mass is 16.5. The van der Waals surface area contributed by atoms with E-state index in [1.807, 2.05) is 0 Å². The molecule has 10 heteroatoms. The maximum Gasteiger partial charge on any atom is 0.307 e. The average Bonchev–Trinajstić information content (AvgIpc) is 3.43. The van der Waals surface area contributed by atoms with Crippen molar-refractivity contribution in [2.24, 2.45) is 62.6 Å².